The van der Waals surface area contributed by atoms with E-state index in [2.05, 4.69) is 15.6 Å². The molecule has 0 radical (unpaired) electrons. The van der Waals surface area contributed by atoms with Gasteiger partial charge in [-0.2, -0.15) is 13.2 Å². The number of esters is 1. The predicted molar refractivity (Wildman–Crippen MR) is 49.9 cm³/mol. The van der Waals surface area contributed by atoms with E-state index >= 15 is 0 Å². The molecule has 3 N–H and O–H groups in total. The van der Waals surface area contributed by atoms with Gasteiger partial charge in [-0.05, 0) is 12.8 Å². The number of halogens is 3. The van der Waals surface area contributed by atoms with E-state index in [0.717, 1.165) is 19.4 Å². The molecule has 0 aromatic heterocycles. The number of alkyl halides is 3. The topological polar surface area (TPSA) is 87.7 Å². The summed E-state index contributed by atoms with van der Waals surface area (Å²) >= 11 is 0. The van der Waals surface area contributed by atoms with Gasteiger partial charge >= 0.3 is 18.1 Å². The Morgan fingerprint density at radius 2 is 1.94 bits per heavy atom. The van der Waals surface area contributed by atoms with Crippen molar-refractivity contribution in [2.45, 2.75) is 25.1 Å². The minimum Gasteiger partial charge on any atom is -0.475 e. The van der Waals surface area contributed by atoms with Crippen molar-refractivity contribution in [1.82, 2.24) is 10.9 Å². The van der Waals surface area contributed by atoms with Crippen LogP contribution >= 0.6 is 0 Å². The van der Waals surface area contributed by atoms with E-state index in [1.54, 1.807) is 0 Å². The average molecular weight is 258 g/mol. The molecule has 0 spiro atoms. The second-order valence-corrected chi connectivity index (χ2v) is 3.09. The van der Waals surface area contributed by atoms with Gasteiger partial charge in [0.1, 0.15) is 6.04 Å². The predicted octanol–water partition coefficient (Wildman–Crippen LogP) is 0.0493. The van der Waals surface area contributed by atoms with Gasteiger partial charge in [-0.3, -0.25) is 10.2 Å². The molecule has 0 aromatic rings. The van der Waals surface area contributed by atoms with Crippen LogP contribution in [-0.2, 0) is 14.3 Å². The van der Waals surface area contributed by atoms with Crippen molar-refractivity contribution in [3.8, 4) is 0 Å². The van der Waals surface area contributed by atoms with Gasteiger partial charge in [-0.25, -0.2) is 10.2 Å². The molecule has 1 fully saturated rings. The Kier molecular flexibility index (Phi) is 6.51. The average Bonchev–Trinajstić information content (AvgIpc) is 2.28. The normalized spacial score (nSPS) is 19.9. The molecule has 1 saturated heterocycles. The lowest BCUT2D eigenvalue weighted by molar-refractivity contribution is -0.192. The second-order valence-electron chi connectivity index (χ2n) is 3.09. The van der Waals surface area contributed by atoms with Gasteiger partial charge in [0.15, 0.2) is 0 Å². The molecular formula is C8H13F3N2O4. The minimum atomic E-state index is -5.08. The maximum atomic E-state index is 10.8. The first-order valence-corrected chi connectivity index (χ1v) is 4.65. The quantitative estimate of drug-likeness (QED) is 0.576. The fourth-order valence-corrected chi connectivity index (χ4v) is 0.981. The zero-order valence-corrected chi connectivity index (χ0v) is 9.00. The Morgan fingerprint density at radius 3 is 2.24 bits per heavy atom. The van der Waals surface area contributed by atoms with E-state index in [9.17, 15) is 18.0 Å². The Bertz CT molecular complexity index is 264. The molecule has 6 nitrogen and oxygen atoms in total. The van der Waals surface area contributed by atoms with Crippen LogP contribution in [0, 0.1) is 0 Å². The summed E-state index contributed by atoms with van der Waals surface area (Å²) < 4.78 is 36.3. The van der Waals surface area contributed by atoms with Crippen LogP contribution in [0.1, 0.15) is 12.8 Å². The van der Waals surface area contributed by atoms with Crippen molar-refractivity contribution < 1.29 is 32.6 Å². The fraction of sp³-hybridized carbons (Fsp3) is 0.750. The first kappa shape index (κ1) is 15.7. The number of carboxylic acids is 1. The van der Waals surface area contributed by atoms with Crippen molar-refractivity contribution in [3.05, 3.63) is 0 Å². The van der Waals surface area contributed by atoms with Gasteiger partial charge < -0.3 is 9.84 Å². The highest BCUT2D eigenvalue weighted by Crippen LogP contribution is 2.13. The molecule has 1 rings (SSSR count). The Morgan fingerprint density at radius 1 is 1.41 bits per heavy atom. The standard InChI is InChI=1S/C6H12N2O2.C2HF3O2/c1-10-6(9)5-3-2-4-7-8-5;3-2(4,5)1(6)7/h5,7-8H,2-4H2,1H3;(H,6,7)/t5-;/m1./s1. The monoisotopic (exact) mass is 258 g/mol. The van der Waals surface area contributed by atoms with Crippen molar-refractivity contribution in [3.63, 3.8) is 0 Å². The lowest BCUT2D eigenvalue weighted by Crippen LogP contribution is -2.50. The maximum Gasteiger partial charge on any atom is 0.490 e. The molecule has 0 unspecified atom stereocenters. The number of methoxy groups -OCH3 is 1. The molecule has 0 aromatic carbocycles. The van der Waals surface area contributed by atoms with E-state index in [1.807, 2.05) is 0 Å². The van der Waals surface area contributed by atoms with E-state index in [0.29, 0.717) is 0 Å². The number of carbonyl (C=O) groups is 2. The van der Waals surface area contributed by atoms with Gasteiger partial charge in [0.05, 0.1) is 7.11 Å². The maximum absolute atomic E-state index is 10.8. The molecule has 1 aliphatic heterocycles. The number of nitrogens with one attached hydrogen (secondary N) is 2. The van der Waals surface area contributed by atoms with Crippen LogP contribution in [0.4, 0.5) is 13.2 Å². The Labute approximate surface area is 95.1 Å². The number of rotatable bonds is 1. The highest BCUT2D eigenvalue weighted by atomic mass is 19.4. The van der Waals surface area contributed by atoms with E-state index in [-0.39, 0.29) is 12.0 Å². The molecule has 1 aliphatic rings. The second kappa shape index (κ2) is 7.07. The number of carbonyl (C=O) groups excluding carboxylic acids is 1. The van der Waals surface area contributed by atoms with Crippen molar-refractivity contribution in [1.29, 1.82) is 0 Å². The molecule has 17 heavy (non-hydrogen) atoms. The van der Waals surface area contributed by atoms with Crippen LogP contribution in [0.2, 0.25) is 0 Å². The van der Waals surface area contributed by atoms with Crippen LogP contribution in [0.3, 0.4) is 0 Å². The summed E-state index contributed by atoms with van der Waals surface area (Å²) in [6.45, 7) is 0.924. The van der Waals surface area contributed by atoms with Crippen LogP contribution in [0.5, 0.6) is 0 Å². The highest BCUT2D eigenvalue weighted by molar-refractivity contribution is 5.75. The number of hydrogen-bond donors (Lipinski definition) is 3. The number of hydrogen-bond acceptors (Lipinski definition) is 5. The third-order valence-electron chi connectivity index (χ3n) is 1.80. The van der Waals surface area contributed by atoms with Gasteiger partial charge in [0.2, 0.25) is 0 Å². The van der Waals surface area contributed by atoms with Crippen molar-refractivity contribution in [2.24, 2.45) is 0 Å². The van der Waals surface area contributed by atoms with Crippen molar-refractivity contribution >= 4 is 11.9 Å². The highest BCUT2D eigenvalue weighted by Gasteiger charge is 2.38. The summed E-state index contributed by atoms with van der Waals surface area (Å²) in [6.07, 6.45) is -3.20. The van der Waals surface area contributed by atoms with Crippen LogP contribution < -0.4 is 10.9 Å². The summed E-state index contributed by atoms with van der Waals surface area (Å²) in [5, 5.41) is 7.12. The zero-order chi connectivity index (χ0) is 13.5. The number of hydrazine groups is 1. The molecule has 9 heteroatoms. The number of aliphatic carboxylic acids is 1. The van der Waals surface area contributed by atoms with Gasteiger partial charge in [0, 0.05) is 6.54 Å². The van der Waals surface area contributed by atoms with Crippen LogP contribution in [-0.4, -0.2) is 42.9 Å². The summed E-state index contributed by atoms with van der Waals surface area (Å²) in [6, 6.07) is -0.154. The Balaban J connectivity index is 0.000000325. The zero-order valence-electron chi connectivity index (χ0n) is 9.00. The van der Waals surface area contributed by atoms with E-state index in [1.165, 1.54) is 7.11 Å². The molecular weight excluding hydrogens is 245 g/mol. The Hall–Kier alpha value is -1.35. The molecule has 0 aliphatic carbocycles. The summed E-state index contributed by atoms with van der Waals surface area (Å²) in [4.78, 5) is 19.7. The third kappa shape index (κ3) is 6.74. The molecule has 1 atom stereocenters. The number of ether oxygens (including phenoxy) is 1. The molecule has 0 bridgehead atoms. The molecule has 100 valence electrons. The SMILES string of the molecule is COC(=O)[C@H]1CCCNN1.O=C(O)C(F)(F)F. The minimum absolute atomic E-state index is 0.154. The van der Waals surface area contributed by atoms with E-state index < -0.39 is 12.1 Å². The van der Waals surface area contributed by atoms with Crippen LogP contribution in [0.15, 0.2) is 0 Å². The number of carboxylic acid groups (broad SMARTS) is 1. The van der Waals surface area contributed by atoms with Crippen LogP contribution in [0.25, 0.3) is 0 Å². The smallest absolute Gasteiger partial charge is 0.475 e. The largest absolute Gasteiger partial charge is 0.490 e. The van der Waals surface area contributed by atoms with Gasteiger partial charge in [0.25, 0.3) is 0 Å². The summed E-state index contributed by atoms with van der Waals surface area (Å²) in [5.74, 6) is -2.94. The first-order valence-electron chi connectivity index (χ1n) is 4.65. The fourth-order valence-electron chi connectivity index (χ4n) is 0.981. The molecule has 0 amide bonds. The van der Waals surface area contributed by atoms with Gasteiger partial charge in [-0.1, -0.05) is 0 Å². The lowest BCUT2D eigenvalue weighted by atomic mass is 10.1. The lowest BCUT2D eigenvalue weighted by Gasteiger charge is -2.21. The summed E-state index contributed by atoms with van der Waals surface area (Å²) in [5.41, 5.74) is 5.74. The first-order chi connectivity index (χ1) is 7.79. The molecule has 0 saturated carbocycles. The third-order valence-corrected chi connectivity index (χ3v) is 1.80. The van der Waals surface area contributed by atoms with Gasteiger partial charge in [-0.15, -0.1) is 0 Å². The van der Waals surface area contributed by atoms with E-state index in [4.69, 9.17) is 9.90 Å². The summed E-state index contributed by atoms with van der Waals surface area (Å²) in [7, 11) is 1.40. The molecule has 1 heterocycles. The van der Waals surface area contributed by atoms with Crippen molar-refractivity contribution in [2.75, 3.05) is 13.7 Å².